The molecular weight excluding hydrogens is 680 g/mol. The predicted molar refractivity (Wildman–Crippen MR) is 187 cm³/mol. The van der Waals surface area contributed by atoms with Gasteiger partial charge in [-0.15, -0.1) is 0 Å². The van der Waals surface area contributed by atoms with Gasteiger partial charge in [0, 0.05) is 64.0 Å². The van der Waals surface area contributed by atoms with Crippen LogP contribution in [0.15, 0.2) is 134 Å². The summed E-state index contributed by atoms with van der Waals surface area (Å²) in [5.41, 5.74) is 11.9. The fourth-order valence-corrected chi connectivity index (χ4v) is 5.04. The third kappa shape index (κ3) is 7.68. The number of carbonyl (C=O) groups excluding carboxylic acids is 1. The zero-order chi connectivity index (χ0) is 34.3. The molecule has 50 heavy (non-hydrogen) atoms. The summed E-state index contributed by atoms with van der Waals surface area (Å²) in [6.45, 7) is 0. The third-order valence-electron chi connectivity index (χ3n) is 7.42. The van der Waals surface area contributed by atoms with E-state index in [-0.39, 0.29) is 39.8 Å². The van der Waals surface area contributed by atoms with Crippen molar-refractivity contribution in [1.82, 2.24) is 19.9 Å². The molecule has 1 amide bonds. The Balaban J connectivity index is 0.000000194. The molecule has 0 fully saturated rings. The number of hydrogen-bond acceptors (Lipinski definition) is 9. The van der Waals surface area contributed by atoms with Crippen LogP contribution in [0.5, 0.6) is 0 Å². The van der Waals surface area contributed by atoms with E-state index in [0.717, 1.165) is 33.7 Å². The molecule has 4 aromatic carbocycles. The van der Waals surface area contributed by atoms with E-state index in [4.69, 9.17) is 5.73 Å². The second-order valence-corrected chi connectivity index (χ2v) is 10.6. The molecule has 14 heteroatoms. The van der Waals surface area contributed by atoms with Gasteiger partial charge in [0.05, 0.1) is 20.9 Å². The molecule has 3 heterocycles. The largest absolute Gasteiger partial charge is 0.399 e. The van der Waals surface area contributed by atoms with Crippen molar-refractivity contribution in [1.29, 1.82) is 0 Å². The Labute approximate surface area is 295 Å². The summed E-state index contributed by atoms with van der Waals surface area (Å²) in [5.74, 6) is -0.0682. The number of nitrogen functional groups attached to an aromatic ring is 1. The van der Waals surface area contributed by atoms with Gasteiger partial charge >= 0.3 is 5.69 Å². The number of amides is 1. The number of non-ortho nitro benzene ring substituents is 1. The van der Waals surface area contributed by atoms with Gasteiger partial charge in [-0.2, -0.15) is 0 Å². The van der Waals surface area contributed by atoms with E-state index in [9.17, 15) is 25.0 Å². The fourth-order valence-electron chi connectivity index (χ4n) is 5.04. The van der Waals surface area contributed by atoms with E-state index in [2.05, 4.69) is 37.4 Å². The Kier molecular flexibility index (Phi) is 10.7. The number of rotatable bonds is 7. The van der Waals surface area contributed by atoms with Gasteiger partial charge in [0.25, 0.3) is 11.6 Å². The number of nitrogens with one attached hydrogen (secondary N) is 2. The van der Waals surface area contributed by atoms with E-state index in [1.165, 1.54) is 36.5 Å². The first-order valence-electron chi connectivity index (χ1n) is 14.8. The van der Waals surface area contributed by atoms with Crippen LogP contribution in [-0.2, 0) is 17.1 Å². The smallest absolute Gasteiger partial charge is 0.319 e. The second kappa shape index (κ2) is 15.4. The zero-order valence-corrected chi connectivity index (χ0v) is 27.0. The number of anilines is 2. The van der Waals surface area contributed by atoms with Crippen LogP contribution < -0.4 is 11.1 Å². The summed E-state index contributed by atoms with van der Waals surface area (Å²) in [5, 5.41) is 24.7. The molecule has 0 radical (unpaired) electrons. The van der Waals surface area contributed by atoms with Gasteiger partial charge in [0.2, 0.25) is 5.82 Å². The first-order chi connectivity index (χ1) is 23.8. The quantitative estimate of drug-likeness (QED) is 0.0644. The van der Waals surface area contributed by atoms with Crippen molar-refractivity contribution in [3.05, 3.63) is 160 Å². The number of carbonyl (C=O) groups is 1. The van der Waals surface area contributed by atoms with E-state index in [0.29, 0.717) is 16.8 Å². The van der Waals surface area contributed by atoms with Gasteiger partial charge in [0.1, 0.15) is 5.82 Å². The first kappa shape index (κ1) is 34.6. The van der Waals surface area contributed by atoms with Crippen molar-refractivity contribution in [2.24, 2.45) is 0 Å². The number of nitrogens with two attached hydrogens (primary N) is 1. The number of nitrogens with zero attached hydrogens (tertiary/aromatic N) is 5. The molecule has 0 bridgehead atoms. The maximum atomic E-state index is 12.4. The van der Waals surface area contributed by atoms with Crippen LogP contribution in [0.2, 0.25) is 0 Å². The van der Waals surface area contributed by atoms with Crippen molar-refractivity contribution in [2.45, 2.75) is 0 Å². The van der Waals surface area contributed by atoms with Crippen LogP contribution in [0.3, 0.4) is 0 Å². The third-order valence-corrected chi connectivity index (χ3v) is 7.42. The molecule has 0 aliphatic carbocycles. The molecule has 0 aliphatic rings. The van der Waals surface area contributed by atoms with Crippen LogP contribution >= 0.6 is 0 Å². The Bertz CT molecular complexity index is 2280. The molecule has 13 nitrogen and oxygen atoms in total. The van der Waals surface area contributed by atoms with Crippen molar-refractivity contribution in [2.75, 3.05) is 11.1 Å². The number of hydrogen-bond donors (Lipinski definition) is 3. The van der Waals surface area contributed by atoms with Gasteiger partial charge < -0.3 is 16.0 Å². The van der Waals surface area contributed by atoms with E-state index >= 15 is 0 Å². The molecule has 3 aromatic heterocycles. The molecule has 7 rings (SSSR count). The van der Waals surface area contributed by atoms with Crippen molar-refractivity contribution < 1.29 is 31.7 Å². The summed E-state index contributed by atoms with van der Waals surface area (Å²) in [7, 11) is 0. The molecule has 0 saturated carbocycles. The van der Waals surface area contributed by atoms with Crippen LogP contribution in [0.4, 0.5) is 22.9 Å². The number of nitro groups is 2. The molecular formula is C36H26FeN8O5. The molecule has 4 N–H and O–H groups in total. The maximum absolute atomic E-state index is 12.4. The maximum Gasteiger partial charge on any atom is 0.319 e. The Morgan fingerprint density at radius 1 is 0.680 bits per heavy atom. The number of aromatic amines is 1. The molecule has 0 spiro atoms. The van der Waals surface area contributed by atoms with Gasteiger partial charge in [-0.1, -0.05) is 60.7 Å². The summed E-state index contributed by atoms with van der Waals surface area (Å²) in [6, 6.07) is 35.0. The van der Waals surface area contributed by atoms with Crippen molar-refractivity contribution in [3.8, 4) is 33.6 Å². The minimum Gasteiger partial charge on any atom is -0.399 e. The van der Waals surface area contributed by atoms with E-state index in [1.54, 1.807) is 36.5 Å². The van der Waals surface area contributed by atoms with Gasteiger partial charge in [-0.25, -0.2) is 15.0 Å². The molecule has 0 saturated heterocycles. The standard InChI is InChI=1S/C18H12N4O5.C18H14N4.Fe/c23-18(13-6-8-14(9-7-13)21(24)25)20-17-16(22(26)27)15(10-11-19-17)12-4-2-1-3-5-12;19-14-8-6-13(7-9-14)17-21-16-15(10-11-20-18(16)22-17)12-4-2-1-3-5-12;/h1-11H,(H,19,20,23);1-11H,19H2,(H,20,21,22);. The normalized spacial score (nSPS) is 10.3. The number of H-pyrrole nitrogens is 1. The monoisotopic (exact) mass is 706 g/mol. The second-order valence-electron chi connectivity index (χ2n) is 10.6. The summed E-state index contributed by atoms with van der Waals surface area (Å²) in [6.07, 6.45) is 3.15. The van der Waals surface area contributed by atoms with Gasteiger partial charge in [0.15, 0.2) is 5.65 Å². The zero-order valence-electron chi connectivity index (χ0n) is 25.9. The van der Waals surface area contributed by atoms with Gasteiger partial charge in [-0.05, 0) is 59.7 Å². The topological polar surface area (TPSA) is 196 Å². The minimum atomic E-state index is -0.661. The summed E-state index contributed by atoms with van der Waals surface area (Å²) >= 11 is 0. The number of imidazole rings is 1. The van der Waals surface area contributed by atoms with Crippen molar-refractivity contribution in [3.63, 3.8) is 0 Å². The van der Waals surface area contributed by atoms with Gasteiger partial charge in [-0.3, -0.25) is 25.0 Å². The number of fused-ring (bicyclic) bond motifs is 1. The molecule has 0 aliphatic heterocycles. The number of aromatic nitrogens is 4. The average molecular weight is 707 g/mol. The molecule has 7 aromatic rings. The fraction of sp³-hybridized carbons (Fsp3) is 0. The van der Waals surface area contributed by atoms with Crippen LogP contribution in [0.1, 0.15) is 10.4 Å². The Hall–Kier alpha value is -6.76. The van der Waals surface area contributed by atoms with Crippen LogP contribution in [-0.4, -0.2) is 35.7 Å². The van der Waals surface area contributed by atoms with E-state index < -0.39 is 15.8 Å². The molecule has 248 valence electrons. The molecule has 0 unspecified atom stereocenters. The van der Waals surface area contributed by atoms with Crippen LogP contribution in [0, 0.1) is 20.2 Å². The van der Waals surface area contributed by atoms with Crippen molar-refractivity contribution >= 4 is 40.0 Å². The average Bonchev–Trinajstić information content (AvgIpc) is 3.57. The summed E-state index contributed by atoms with van der Waals surface area (Å²) in [4.78, 5) is 49.7. The van der Waals surface area contributed by atoms with Crippen LogP contribution in [0.25, 0.3) is 44.8 Å². The number of benzene rings is 4. The molecule has 0 atom stereocenters. The Morgan fingerprint density at radius 2 is 1.26 bits per heavy atom. The van der Waals surface area contributed by atoms with E-state index in [1.807, 2.05) is 48.5 Å². The minimum absolute atomic E-state index is 0. The first-order valence-corrected chi connectivity index (χ1v) is 14.8. The SMILES string of the molecule is Nc1ccc(-c2nc3nccc(-c4ccccc4)c3[nH]2)cc1.O=C(Nc1nccc(-c2ccccc2)c1[N+](=O)[O-])c1ccc([N+](=O)[O-])cc1.[Fe]. The predicted octanol–water partition coefficient (Wildman–Crippen LogP) is 7.69. The number of pyridine rings is 2. The summed E-state index contributed by atoms with van der Waals surface area (Å²) < 4.78 is 0. The number of nitro benzene ring substituents is 1. The Morgan fingerprint density at radius 3 is 1.86 bits per heavy atom.